The first-order valence-corrected chi connectivity index (χ1v) is 6.83. The standard InChI is InChI=1S/C17H18FNO3/c1-11-4-7-15(16(8-11)21-3)22-10-17(20)19-14-9-13(18)6-5-12(14)2/h4-9H,10H2,1-3H3,(H,19,20). The van der Waals surface area contributed by atoms with Crippen LogP contribution in [0.4, 0.5) is 10.1 Å². The van der Waals surface area contributed by atoms with Gasteiger partial charge < -0.3 is 14.8 Å². The first-order valence-electron chi connectivity index (χ1n) is 6.83. The number of hydrogen-bond donors (Lipinski definition) is 1. The summed E-state index contributed by atoms with van der Waals surface area (Å²) < 4.78 is 23.8. The van der Waals surface area contributed by atoms with Gasteiger partial charge in [0.25, 0.3) is 5.91 Å². The minimum Gasteiger partial charge on any atom is -0.493 e. The van der Waals surface area contributed by atoms with E-state index >= 15 is 0 Å². The Balaban J connectivity index is 2.00. The van der Waals surface area contributed by atoms with Crippen molar-refractivity contribution in [2.45, 2.75) is 13.8 Å². The van der Waals surface area contributed by atoms with Gasteiger partial charge in [0, 0.05) is 5.69 Å². The van der Waals surface area contributed by atoms with E-state index in [0.717, 1.165) is 11.1 Å². The van der Waals surface area contributed by atoms with Gasteiger partial charge in [0.2, 0.25) is 0 Å². The highest BCUT2D eigenvalue weighted by molar-refractivity contribution is 5.92. The number of carbonyl (C=O) groups excluding carboxylic acids is 1. The molecule has 4 nitrogen and oxygen atoms in total. The smallest absolute Gasteiger partial charge is 0.262 e. The molecule has 0 aliphatic heterocycles. The molecule has 0 spiro atoms. The van der Waals surface area contributed by atoms with Gasteiger partial charge in [0.1, 0.15) is 5.82 Å². The predicted octanol–water partition coefficient (Wildman–Crippen LogP) is 3.47. The number of hydrogen-bond acceptors (Lipinski definition) is 3. The lowest BCUT2D eigenvalue weighted by molar-refractivity contribution is -0.118. The van der Waals surface area contributed by atoms with Crippen molar-refractivity contribution in [3.63, 3.8) is 0 Å². The maximum Gasteiger partial charge on any atom is 0.262 e. The lowest BCUT2D eigenvalue weighted by atomic mass is 10.2. The molecule has 0 saturated carbocycles. The fourth-order valence-electron chi connectivity index (χ4n) is 1.95. The van der Waals surface area contributed by atoms with Gasteiger partial charge in [0.05, 0.1) is 7.11 Å². The van der Waals surface area contributed by atoms with E-state index in [1.165, 1.54) is 19.2 Å². The molecule has 2 aromatic rings. The average Bonchev–Trinajstić information content (AvgIpc) is 2.49. The molecule has 0 heterocycles. The number of halogens is 1. The SMILES string of the molecule is COc1cc(C)ccc1OCC(=O)Nc1cc(F)ccc1C. The Kier molecular flexibility index (Phi) is 4.99. The summed E-state index contributed by atoms with van der Waals surface area (Å²) >= 11 is 0. The molecule has 0 aromatic heterocycles. The van der Waals surface area contributed by atoms with E-state index in [4.69, 9.17) is 9.47 Å². The largest absolute Gasteiger partial charge is 0.493 e. The normalized spacial score (nSPS) is 10.2. The molecule has 22 heavy (non-hydrogen) atoms. The third-order valence-corrected chi connectivity index (χ3v) is 3.15. The Labute approximate surface area is 128 Å². The lowest BCUT2D eigenvalue weighted by Gasteiger charge is -2.12. The van der Waals surface area contributed by atoms with E-state index in [2.05, 4.69) is 5.32 Å². The van der Waals surface area contributed by atoms with Crippen molar-refractivity contribution in [3.8, 4) is 11.5 Å². The van der Waals surface area contributed by atoms with E-state index in [9.17, 15) is 9.18 Å². The zero-order valence-electron chi connectivity index (χ0n) is 12.8. The van der Waals surface area contributed by atoms with Crippen LogP contribution in [0.3, 0.4) is 0 Å². The first kappa shape index (κ1) is 15.8. The van der Waals surface area contributed by atoms with E-state index in [1.54, 1.807) is 19.1 Å². The number of methoxy groups -OCH3 is 1. The summed E-state index contributed by atoms with van der Waals surface area (Å²) in [6.07, 6.45) is 0. The molecule has 1 N–H and O–H groups in total. The third kappa shape index (κ3) is 3.97. The van der Waals surface area contributed by atoms with E-state index in [0.29, 0.717) is 17.2 Å². The third-order valence-electron chi connectivity index (χ3n) is 3.15. The number of carbonyl (C=O) groups is 1. The molecule has 0 aliphatic carbocycles. The molecule has 116 valence electrons. The molecule has 0 unspecified atom stereocenters. The molecule has 0 atom stereocenters. The second kappa shape index (κ2) is 6.93. The maximum absolute atomic E-state index is 13.2. The molecule has 0 aliphatic rings. The van der Waals surface area contributed by atoms with Crippen molar-refractivity contribution in [2.75, 3.05) is 19.0 Å². The van der Waals surface area contributed by atoms with Crippen molar-refractivity contribution in [3.05, 3.63) is 53.3 Å². The first-order chi connectivity index (χ1) is 10.5. The number of amides is 1. The van der Waals surface area contributed by atoms with Crippen LogP contribution < -0.4 is 14.8 Å². The van der Waals surface area contributed by atoms with Crippen LogP contribution in [0.2, 0.25) is 0 Å². The predicted molar refractivity (Wildman–Crippen MR) is 83.0 cm³/mol. The molecular weight excluding hydrogens is 285 g/mol. The van der Waals surface area contributed by atoms with Crippen molar-refractivity contribution in [2.24, 2.45) is 0 Å². The second-order valence-corrected chi connectivity index (χ2v) is 4.95. The van der Waals surface area contributed by atoms with Gasteiger partial charge in [-0.2, -0.15) is 0 Å². The maximum atomic E-state index is 13.2. The van der Waals surface area contributed by atoms with E-state index in [1.807, 2.05) is 19.1 Å². The number of nitrogens with one attached hydrogen (secondary N) is 1. The highest BCUT2D eigenvalue weighted by Crippen LogP contribution is 2.27. The summed E-state index contributed by atoms with van der Waals surface area (Å²) in [5.74, 6) is 0.285. The number of anilines is 1. The van der Waals surface area contributed by atoms with Gasteiger partial charge in [-0.15, -0.1) is 0 Å². The van der Waals surface area contributed by atoms with Crippen molar-refractivity contribution >= 4 is 11.6 Å². The topological polar surface area (TPSA) is 47.6 Å². The Bertz CT molecular complexity index is 686. The van der Waals surface area contributed by atoms with Crippen LogP contribution in [0.5, 0.6) is 11.5 Å². The van der Waals surface area contributed by atoms with Crippen LogP contribution in [-0.2, 0) is 4.79 Å². The van der Waals surface area contributed by atoms with Crippen LogP contribution in [0.15, 0.2) is 36.4 Å². The number of ether oxygens (including phenoxy) is 2. The number of benzene rings is 2. The quantitative estimate of drug-likeness (QED) is 0.920. The van der Waals surface area contributed by atoms with Crippen LogP contribution in [-0.4, -0.2) is 19.6 Å². The van der Waals surface area contributed by atoms with Gasteiger partial charge in [-0.05, 0) is 49.2 Å². The Hall–Kier alpha value is -2.56. The minimum atomic E-state index is -0.401. The molecule has 5 heteroatoms. The minimum absolute atomic E-state index is 0.185. The van der Waals surface area contributed by atoms with Crippen molar-refractivity contribution in [1.82, 2.24) is 0 Å². The average molecular weight is 303 g/mol. The van der Waals surface area contributed by atoms with Crippen molar-refractivity contribution < 1.29 is 18.7 Å². The Morgan fingerprint density at radius 1 is 1.14 bits per heavy atom. The van der Waals surface area contributed by atoms with Gasteiger partial charge in [-0.3, -0.25) is 4.79 Å². The number of aryl methyl sites for hydroxylation is 2. The summed E-state index contributed by atoms with van der Waals surface area (Å²) in [5.41, 5.74) is 2.25. The van der Waals surface area contributed by atoms with Crippen LogP contribution in [0.1, 0.15) is 11.1 Å². The molecule has 0 saturated heterocycles. The fourth-order valence-corrected chi connectivity index (χ4v) is 1.95. The zero-order valence-corrected chi connectivity index (χ0v) is 12.8. The van der Waals surface area contributed by atoms with Gasteiger partial charge in [-0.25, -0.2) is 4.39 Å². The molecule has 1 amide bonds. The summed E-state index contributed by atoms with van der Waals surface area (Å²) in [6, 6.07) is 9.67. The lowest BCUT2D eigenvalue weighted by Crippen LogP contribution is -2.21. The molecule has 2 aromatic carbocycles. The molecular formula is C17H18FNO3. The highest BCUT2D eigenvalue weighted by atomic mass is 19.1. The zero-order chi connectivity index (χ0) is 16.1. The van der Waals surface area contributed by atoms with Crippen LogP contribution in [0, 0.1) is 19.7 Å². The summed E-state index contributed by atoms with van der Waals surface area (Å²) in [4.78, 5) is 11.9. The summed E-state index contributed by atoms with van der Waals surface area (Å²) in [6.45, 7) is 3.54. The summed E-state index contributed by atoms with van der Waals surface area (Å²) in [7, 11) is 1.54. The molecule has 0 bridgehead atoms. The van der Waals surface area contributed by atoms with E-state index in [-0.39, 0.29) is 12.5 Å². The number of rotatable bonds is 5. The van der Waals surface area contributed by atoms with Crippen molar-refractivity contribution in [1.29, 1.82) is 0 Å². The fraction of sp³-hybridized carbons (Fsp3) is 0.235. The van der Waals surface area contributed by atoms with Gasteiger partial charge >= 0.3 is 0 Å². The second-order valence-electron chi connectivity index (χ2n) is 4.95. The van der Waals surface area contributed by atoms with Crippen LogP contribution >= 0.6 is 0 Å². The summed E-state index contributed by atoms with van der Waals surface area (Å²) in [5, 5.41) is 2.63. The van der Waals surface area contributed by atoms with E-state index < -0.39 is 5.82 Å². The molecule has 0 fully saturated rings. The Morgan fingerprint density at radius 3 is 2.64 bits per heavy atom. The Morgan fingerprint density at radius 2 is 1.91 bits per heavy atom. The monoisotopic (exact) mass is 303 g/mol. The van der Waals surface area contributed by atoms with Gasteiger partial charge in [0.15, 0.2) is 18.1 Å². The highest BCUT2D eigenvalue weighted by Gasteiger charge is 2.09. The van der Waals surface area contributed by atoms with Gasteiger partial charge in [-0.1, -0.05) is 12.1 Å². The molecule has 0 radical (unpaired) electrons. The van der Waals surface area contributed by atoms with Crippen LogP contribution in [0.25, 0.3) is 0 Å². The molecule has 2 rings (SSSR count).